The summed E-state index contributed by atoms with van der Waals surface area (Å²) in [6, 6.07) is 0. The van der Waals surface area contributed by atoms with Crippen LogP contribution in [0.15, 0.2) is 12.5 Å². The van der Waals surface area contributed by atoms with Crippen molar-refractivity contribution in [3.8, 4) is 0 Å². The minimum Gasteiger partial charge on any atom is -0.337 e. The number of nitrogens with zero attached hydrogens (tertiary/aromatic N) is 2. The van der Waals surface area contributed by atoms with Crippen LogP contribution in [0.5, 0.6) is 0 Å². The molecule has 2 nitrogen and oxygen atoms in total. The molecule has 1 heterocycles. The van der Waals surface area contributed by atoms with Crippen LogP contribution in [0.3, 0.4) is 0 Å². The van der Waals surface area contributed by atoms with Gasteiger partial charge in [0.2, 0.25) is 0 Å². The number of imidazole rings is 1. The van der Waals surface area contributed by atoms with Gasteiger partial charge in [-0.2, -0.15) is 0 Å². The summed E-state index contributed by atoms with van der Waals surface area (Å²) in [7, 11) is 0. The van der Waals surface area contributed by atoms with E-state index in [0.29, 0.717) is 0 Å². The molecule has 0 amide bonds. The fourth-order valence-corrected chi connectivity index (χ4v) is 1.71. The van der Waals surface area contributed by atoms with Gasteiger partial charge in [0.1, 0.15) is 6.20 Å². The van der Waals surface area contributed by atoms with Crippen molar-refractivity contribution in [3.05, 3.63) is 18.7 Å². The van der Waals surface area contributed by atoms with Crippen LogP contribution in [0.2, 0.25) is 0 Å². The molecule has 0 atom stereocenters. The van der Waals surface area contributed by atoms with Crippen molar-refractivity contribution >= 4 is 0 Å². The van der Waals surface area contributed by atoms with E-state index in [1.54, 1.807) is 0 Å². The van der Waals surface area contributed by atoms with Crippen molar-refractivity contribution in [2.45, 2.75) is 38.6 Å². The third kappa shape index (κ3) is 1.87. The lowest BCUT2D eigenvalue weighted by Gasteiger charge is -2.24. The average molecular weight is 163 g/mol. The highest BCUT2D eigenvalue weighted by molar-refractivity contribution is 4.73. The summed E-state index contributed by atoms with van der Waals surface area (Å²) in [5.41, 5.74) is 0. The summed E-state index contributed by atoms with van der Waals surface area (Å²) in [5, 5.41) is 0. The van der Waals surface area contributed by atoms with Crippen molar-refractivity contribution in [3.63, 3.8) is 0 Å². The number of rotatable bonds is 4. The SMILES string of the molecule is [c]1cn(CCCC2CCC2)cn1. The molecule has 0 aliphatic heterocycles. The molecule has 1 saturated carbocycles. The predicted octanol–water partition coefficient (Wildman–Crippen LogP) is 2.26. The van der Waals surface area contributed by atoms with Gasteiger partial charge in [-0.05, 0) is 18.8 Å². The van der Waals surface area contributed by atoms with Gasteiger partial charge in [0.05, 0.1) is 6.33 Å². The Labute approximate surface area is 73.6 Å². The minimum absolute atomic E-state index is 1.04. The van der Waals surface area contributed by atoms with Gasteiger partial charge in [-0.15, -0.1) is 0 Å². The fourth-order valence-electron chi connectivity index (χ4n) is 1.71. The molecule has 0 aromatic carbocycles. The number of hydrogen-bond acceptors (Lipinski definition) is 1. The lowest BCUT2D eigenvalue weighted by Crippen LogP contribution is -2.11. The summed E-state index contributed by atoms with van der Waals surface area (Å²) < 4.78 is 2.11. The van der Waals surface area contributed by atoms with E-state index in [0.717, 1.165) is 12.5 Å². The second-order valence-electron chi connectivity index (χ2n) is 3.68. The second-order valence-corrected chi connectivity index (χ2v) is 3.68. The molecule has 12 heavy (non-hydrogen) atoms. The van der Waals surface area contributed by atoms with Crippen molar-refractivity contribution in [1.29, 1.82) is 0 Å². The van der Waals surface area contributed by atoms with E-state index in [1.807, 2.05) is 12.5 Å². The monoisotopic (exact) mass is 163 g/mol. The highest BCUT2D eigenvalue weighted by Crippen LogP contribution is 2.30. The molecule has 1 aromatic heterocycles. The van der Waals surface area contributed by atoms with Crippen LogP contribution in [-0.2, 0) is 6.54 Å². The Kier molecular flexibility index (Phi) is 2.45. The first-order valence-electron chi connectivity index (χ1n) is 4.83. The zero-order valence-electron chi connectivity index (χ0n) is 7.37. The summed E-state index contributed by atoms with van der Waals surface area (Å²) in [5.74, 6) is 1.04. The van der Waals surface area contributed by atoms with Gasteiger partial charge in [0.15, 0.2) is 0 Å². The molecule has 2 rings (SSSR count). The molecule has 0 bridgehead atoms. The molecule has 0 saturated heterocycles. The maximum atomic E-state index is 3.89. The molecular formula is C10H15N2. The fraction of sp³-hybridized carbons (Fsp3) is 0.700. The van der Waals surface area contributed by atoms with Gasteiger partial charge < -0.3 is 4.57 Å². The zero-order valence-corrected chi connectivity index (χ0v) is 7.37. The second kappa shape index (κ2) is 3.74. The van der Waals surface area contributed by atoms with Gasteiger partial charge in [-0.3, -0.25) is 0 Å². The van der Waals surface area contributed by atoms with Crippen LogP contribution in [0.4, 0.5) is 0 Å². The van der Waals surface area contributed by atoms with E-state index >= 15 is 0 Å². The maximum absolute atomic E-state index is 3.89. The molecule has 1 radical (unpaired) electrons. The molecule has 2 heteroatoms. The van der Waals surface area contributed by atoms with Gasteiger partial charge in [0.25, 0.3) is 0 Å². The third-order valence-electron chi connectivity index (χ3n) is 2.76. The zero-order chi connectivity index (χ0) is 8.23. The Morgan fingerprint density at radius 2 is 2.42 bits per heavy atom. The first kappa shape index (κ1) is 7.84. The quantitative estimate of drug-likeness (QED) is 0.665. The average Bonchev–Trinajstić information content (AvgIpc) is 2.46. The van der Waals surface area contributed by atoms with Crippen molar-refractivity contribution in [2.75, 3.05) is 0 Å². The number of aromatic nitrogens is 2. The highest BCUT2D eigenvalue weighted by atomic mass is 15.0. The van der Waals surface area contributed by atoms with E-state index in [1.165, 1.54) is 32.1 Å². The molecule has 1 aromatic rings. The van der Waals surface area contributed by atoms with Crippen LogP contribution in [0.25, 0.3) is 0 Å². The summed E-state index contributed by atoms with van der Waals surface area (Å²) in [4.78, 5) is 3.89. The van der Waals surface area contributed by atoms with Crippen molar-refractivity contribution in [2.24, 2.45) is 5.92 Å². The molecular weight excluding hydrogens is 148 g/mol. The summed E-state index contributed by atoms with van der Waals surface area (Å²) in [6.07, 6.45) is 13.7. The predicted molar refractivity (Wildman–Crippen MR) is 47.6 cm³/mol. The van der Waals surface area contributed by atoms with Crippen LogP contribution >= 0.6 is 0 Å². The minimum atomic E-state index is 1.04. The van der Waals surface area contributed by atoms with Crippen molar-refractivity contribution in [1.82, 2.24) is 9.55 Å². The summed E-state index contributed by atoms with van der Waals surface area (Å²) >= 11 is 0. The van der Waals surface area contributed by atoms with E-state index < -0.39 is 0 Å². The lowest BCUT2D eigenvalue weighted by atomic mass is 9.82. The maximum Gasteiger partial charge on any atom is 0.108 e. The molecule has 1 aliphatic rings. The standard InChI is InChI=1S/C10H15N2/c1-3-10(4-1)5-2-7-12-8-6-11-9-12/h8-10H,1-5,7H2. The van der Waals surface area contributed by atoms with Gasteiger partial charge in [-0.1, -0.05) is 19.3 Å². The molecule has 1 fully saturated rings. The largest absolute Gasteiger partial charge is 0.337 e. The highest BCUT2D eigenvalue weighted by Gasteiger charge is 2.16. The van der Waals surface area contributed by atoms with Gasteiger partial charge in [-0.25, -0.2) is 4.98 Å². The van der Waals surface area contributed by atoms with E-state index in [-0.39, 0.29) is 0 Å². The van der Waals surface area contributed by atoms with E-state index in [9.17, 15) is 0 Å². The Hall–Kier alpha value is -0.790. The Bertz CT molecular complexity index is 212. The van der Waals surface area contributed by atoms with E-state index in [2.05, 4.69) is 15.7 Å². The normalized spacial score (nSPS) is 17.7. The number of aryl methyl sites for hydroxylation is 1. The van der Waals surface area contributed by atoms with Gasteiger partial charge >= 0.3 is 0 Å². The van der Waals surface area contributed by atoms with Crippen LogP contribution < -0.4 is 0 Å². The van der Waals surface area contributed by atoms with E-state index in [4.69, 9.17) is 0 Å². The summed E-state index contributed by atoms with van der Waals surface area (Å²) in [6.45, 7) is 1.12. The Morgan fingerprint density at radius 1 is 1.50 bits per heavy atom. The molecule has 65 valence electrons. The Morgan fingerprint density at radius 3 is 3.00 bits per heavy atom. The topological polar surface area (TPSA) is 17.8 Å². The van der Waals surface area contributed by atoms with Crippen LogP contribution in [0.1, 0.15) is 32.1 Å². The smallest absolute Gasteiger partial charge is 0.108 e. The Balaban J connectivity index is 1.62. The van der Waals surface area contributed by atoms with Crippen LogP contribution in [-0.4, -0.2) is 9.55 Å². The van der Waals surface area contributed by atoms with Crippen molar-refractivity contribution < 1.29 is 0 Å². The third-order valence-corrected chi connectivity index (χ3v) is 2.76. The molecule has 0 spiro atoms. The molecule has 1 aliphatic carbocycles. The van der Waals surface area contributed by atoms with Gasteiger partial charge in [0, 0.05) is 12.7 Å². The number of hydrogen-bond donors (Lipinski definition) is 0. The molecule has 0 unspecified atom stereocenters. The van der Waals surface area contributed by atoms with Crippen LogP contribution in [0, 0.1) is 12.1 Å². The molecule has 0 N–H and O–H groups in total. The first-order valence-corrected chi connectivity index (χ1v) is 4.83. The lowest BCUT2D eigenvalue weighted by molar-refractivity contribution is 0.284. The first-order chi connectivity index (χ1) is 5.95.